The molecule has 7 aromatic carbocycles. The molecule has 4 heteroatoms. The minimum atomic E-state index is 0.0964. The topological polar surface area (TPSA) is 6.48 Å². The van der Waals surface area contributed by atoms with Crippen LogP contribution in [0.15, 0.2) is 142 Å². The van der Waals surface area contributed by atoms with Crippen LogP contribution in [0.3, 0.4) is 0 Å². The summed E-state index contributed by atoms with van der Waals surface area (Å²) < 4.78 is 0. The van der Waals surface area contributed by atoms with Gasteiger partial charge in [0.25, 0.3) is 0 Å². The Balaban J connectivity index is 0.000000153. The molecule has 288 valence electrons. The largest absolute Gasteiger partial charge is 0.343 e. The van der Waals surface area contributed by atoms with E-state index < -0.39 is 0 Å². The van der Waals surface area contributed by atoms with Crippen molar-refractivity contribution in [3.63, 3.8) is 0 Å². The van der Waals surface area contributed by atoms with E-state index in [1.54, 1.807) is 0 Å². The molecule has 7 aromatic rings. The summed E-state index contributed by atoms with van der Waals surface area (Å²) in [7, 11) is 4.41. The van der Waals surface area contributed by atoms with Crippen LogP contribution in [-0.2, 0) is 5.41 Å². The summed E-state index contributed by atoms with van der Waals surface area (Å²) in [5, 5.41) is 7.94. The molecule has 0 radical (unpaired) electrons. The van der Waals surface area contributed by atoms with Crippen molar-refractivity contribution in [2.75, 3.05) is 23.9 Å². The molecule has 0 spiro atoms. The van der Waals surface area contributed by atoms with Gasteiger partial charge >= 0.3 is 0 Å². The van der Waals surface area contributed by atoms with E-state index in [-0.39, 0.29) is 5.41 Å². The molecule has 0 amide bonds. The van der Waals surface area contributed by atoms with Crippen LogP contribution in [0, 0.1) is 0 Å². The average Bonchev–Trinajstić information content (AvgIpc) is 3.78. The van der Waals surface area contributed by atoms with Gasteiger partial charge < -0.3 is 9.80 Å². The number of anilines is 4. The first kappa shape index (κ1) is 38.9. The van der Waals surface area contributed by atoms with Crippen LogP contribution < -0.4 is 9.80 Å². The zero-order valence-electron chi connectivity index (χ0n) is 34.6. The van der Waals surface area contributed by atoms with Crippen molar-refractivity contribution < 1.29 is 0 Å². The summed E-state index contributed by atoms with van der Waals surface area (Å²) in [4.78, 5) is 10.2. The SMILES string of the molecule is C=Cc1cc2c(c(C3CCCC3)c1C=C)Sc1cc3ccccc3cc1N2C.CC.CN1c2cc(C(C)(C)C)c3ccccc3c2Sc2ccc3ccccc3c21. The first-order valence-corrected chi connectivity index (χ1v) is 22.2. The Morgan fingerprint density at radius 3 is 1.86 bits per heavy atom. The van der Waals surface area contributed by atoms with Gasteiger partial charge in [0.1, 0.15) is 0 Å². The molecule has 0 unspecified atom stereocenters. The van der Waals surface area contributed by atoms with Gasteiger partial charge in [-0.3, -0.25) is 0 Å². The second kappa shape index (κ2) is 15.8. The Morgan fingerprint density at radius 1 is 0.596 bits per heavy atom. The highest BCUT2D eigenvalue weighted by Crippen LogP contribution is 2.56. The molecule has 1 saturated carbocycles. The predicted octanol–water partition coefficient (Wildman–Crippen LogP) is 16.6. The molecule has 1 aliphatic carbocycles. The van der Waals surface area contributed by atoms with E-state index in [1.165, 1.54) is 123 Å². The van der Waals surface area contributed by atoms with Crippen molar-refractivity contribution in [2.45, 2.75) is 91.2 Å². The summed E-state index contributed by atoms with van der Waals surface area (Å²) in [5.41, 5.74) is 10.7. The molecule has 10 rings (SSSR count). The molecule has 3 aliphatic rings. The Hall–Kier alpha value is -4.90. The number of rotatable bonds is 3. The van der Waals surface area contributed by atoms with Crippen LogP contribution >= 0.6 is 23.5 Å². The fourth-order valence-corrected chi connectivity index (χ4v) is 11.8. The van der Waals surface area contributed by atoms with Crippen molar-refractivity contribution >= 4 is 90.7 Å². The standard InChI is InChI=1S/C26H25NS.C25H23NS.C2H6/c1-4-17-14-23-26(25(21(17)5-2)18-10-6-7-11-18)28-24-16-20-13-9-8-12-19(20)15-22(24)27(23)3;1-25(2,3)20-15-21-24(19-12-8-7-11-18(19)20)27-22-14-13-16-9-5-6-10-17(16)23(22)26(21)4;1-2/h4-5,8-9,12-16,18H,1-2,6-7,10-11H2,3H3;5-15H,1-4H3;1-2H3. The van der Waals surface area contributed by atoms with Crippen molar-refractivity contribution in [1.82, 2.24) is 0 Å². The van der Waals surface area contributed by atoms with Gasteiger partial charge in [-0.25, -0.2) is 0 Å². The van der Waals surface area contributed by atoms with E-state index in [4.69, 9.17) is 0 Å². The lowest BCUT2D eigenvalue weighted by molar-refractivity contribution is 0.595. The summed E-state index contributed by atoms with van der Waals surface area (Å²) in [6.07, 6.45) is 9.25. The zero-order valence-corrected chi connectivity index (χ0v) is 36.2. The summed E-state index contributed by atoms with van der Waals surface area (Å²) in [6, 6.07) is 40.1. The van der Waals surface area contributed by atoms with E-state index in [1.807, 2.05) is 49.5 Å². The van der Waals surface area contributed by atoms with Gasteiger partial charge in [0.05, 0.1) is 22.7 Å². The Bertz CT molecular complexity index is 2680. The van der Waals surface area contributed by atoms with Gasteiger partial charge in [0, 0.05) is 39.1 Å². The second-order valence-electron chi connectivity index (χ2n) is 16.2. The second-order valence-corrected chi connectivity index (χ2v) is 18.3. The number of hydrogen-bond acceptors (Lipinski definition) is 4. The maximum atomic E-state index is 4.15. The minimum Gasteiger partial charge on any atom is -0.343 e. The van der Waals surface area contributed by atoms with Crippen molar-refractivity contribution in [2.24, 2.45) is 0 Å². The fourth-order valence-electron chi connectivity index (χ4n) is 9.08. The number of nitrogens with zero attached hydrogens (tertiary/aromatic N) is 2. The van der Waals surface area contributed by atoms with Crippen LogP contribution in [0.2, 0.25) is 0 Å². The van der Waals surface area contributed by atoms with E-state index in [0.29, 0.717) is 5.92 Å². The molecule has 2 heterocycles. The molecule has 2 aliphatic heterocycles. The normalized spacial score (nSPS) is 14.5. The first-order valence-electron chi connectivity index (χ1n) is 20.6. The lowest BCUT2D eigenvalue weighted by atomic mass is 9.83. The summed E-state index contributed by atoms with van der Waals surface area (Å²) in [5.74, 6) is 0.629. The molecule has 0 aromatic heterocycles. The van der Waals surface area contributed by atoms with Crippen LogP contribution in [0.1, 0.15) is 88.5 Å². The van der Waals surface area contributed by atoms with Gasteiger partial charge in [-0.05, 0) is 104 Å². The smallest absolute Gasteiger partial charge is 0.0629 e. The lowest BCUT2D eigenvalue weighted by Crippen LogP contribution is -2.18. The molecule has 0 bridgehead atoms. The first-order chi connectivity index (χ1) is 27.7. The number of benzene rings is 7. The monoisotopic (exact) mass is 782 g/mol. The maximum absolute atomic E-state index is 4.15. The van der Waals surface area contributed by atoms with Crippen LogP contribution in [0.4, 0.5) is 22.7 Å². The van der Waals surface area contributed by atoms with Crippen LogP contribution in [-0.4, -0.2) is 14.1 Å². The third kappa shape index (κ3) is 6.85. The quantitative estimate of drug-likeness (QED) is 0.176. The van der Waals surface area contributed by atoms with Crippen molar-refractivity contribution in [3.8, 4) is 0 Å². The van der Waals surface area contributed by atoms with Crippen LogP contribution in [0.5, 0.6) is 0 Å². The van der Waals surface area contributed by atoms with Crippen molar-refractivity contribution in [3.05, 3.63) is 145 Å². The molecule has 1 fully saturated rings. The fraction of sp³-hybridized carbons (Fsp3) is 0.245. The molecular formula is C53H54N2S2. The summed E-state index contributed by atoms with van der Waals surface area (Å²) >= 11 is 3.85. The van der Waals surface area contributed by atoms with Gasteiger partial charge in [-0.1, -0.05) is 175 Å². The average molecular weight is 783 g/mol. The highest BCUT2D eigenvalue weighted by molar-refractivity contribution is 8.00. The Morgan fingerprint density at radius 2 is 1.19 bits per heavy atom. The maximum Gasteiger partial charge on any atom is 0.0629 e. The Kier molecular flexibility index (Phi) is 10.8. The van der Waals surface area contributed by atoms with E-state index >= 15 is 0 Å². The van der Waals surface area contributed by atoms with E-state index in [9.17, 15) is 0 Å². The third-order valence-corrected chi connectivity index (χ3v) is 14.2. The van der Waals surface area contributed by atoms with Crippen LogP contribution in [0.25, 0.3) is 44.5 Å². The van der Waals surface area contributed by atoms with E-state index in [0.717, 1.165) is 0 Å². The Labute approximate surface area is 348 Å². The molecule has 0 N–H and O–H groups in total. The summed E-state index contributed by atoms with van der Waals surface area (Å²) in [6.45, 7) is 19.2. The molecule has 0 atom stereocenters. The highest BCUT2D eigenvalue weighted by Gasteiger charge is 2.31. The minimum absolute atomic E-state index is 0.0964. The van der Waals surface area contributed by atoms with Gasteiger partial charge in [-0.2, -0.15) is 0 Å². The van der Waals surface area contributed by atoms with Gasteiger partial charge in [-0.15, -0.1) is 0 Å². The lowest BCUT2D eigenvalue weighted by Gasteiger charge is -2.34. The molecular weight excluding hydrogens is 729 g/mol. The molecule has 57 heavy (non-hydrogen) atoms. The van der Waals surface area contributed by atoms with Gasteiger partial charge in [0.15, 0.2) is 0 Å². The number of fused-ring (bicyclic) bond motifs is 9. The molecule has 2 nitrogen and oxygen atoms in total. The van der Waals surface area contributed by atoms with Crippen molar-refractivity contribution in [1.29, 1.82) is 0 Å². The third-order valence-electron chi connectivity index (χ3n) is 11.9. The highest BCUT2D eigenvalue weighted by atomic mass is 32.2. The zero-order chi connectivity index (χ0) is 40.0. The number of hydrogen-bond donors (Lipinski definition) is 0. The van der Waals surface area contributed by atoms with E-state index in [2.05, 4.69) is 167 Å². The molecule has 0 saturated heterocycles. The van der Waals surface area contributed by atoms with Gasteiger partial charge in [0.2, 0.25) is 0 Å². The predicted molar refractivity (Wildman–Crippen MR) is 254 cm³/mol.